The van der Waals surface area contributed by atoms with Gasteiger partial charge in [0.05, 0.1) is 21.3 Å². The number of fused-ring (bicyclic) bond motifs is 2. The lowest BCUT2D eigenvalue weighted by Crippen LogP contribution is -1.91. The van der Waals surface area contributed by atoms with E-state index in [0.29, 0.717) is 0 Å². The highest BCUT2D eigenvalue weighted by molar-refractivity contribution is 6.04. The molecule has 108 valence electrons. The van der Waals surface area contributed by atoms with Gasteiger partial charge in [0.2, 0.25) is 0 Å². The number of benzene rings is 3. The zero-order valence-electron chi connectivity index (χ0n) is 12.7. The Morgan fingerprint density at radius 1 is 0.619 bits per heavy atom. The molecule has 3 rings (SSSR count). The monoisotopic (exact) mass is 282 g/mol. The van der Waals surface area contributed by atoms with Gasteiger partial charge >= 0.3 is 0 Å². The summed E-state index contributed by atoms with van der Waals surface area (Å²) < 4.78 is 16.3. The highest BCUT2D eigenvalue weighted by atomic mass is 16.5. The van der Waals surface area contributed by atoms with E-state index >= 15 is 0 Å². The molecular weight excluding hydrogens is 264 g/mol. The molecular formula is C18H18O3. The van der Waals surface area contributed by atoms with Gasteiger partial charge in [-0.1, -0.05) is 6.07 Å². The van der Waals surface area contributed by atoms with Crippen molar-refractivity contribution >= 4 is 21.5 Å². The van der Waals surface area contributed by atoms with Crippen molar-refractivity contribution in [2.75, 3.05) is 21.3 Å². The second kappa shape index (κ2) is 5.17. The molecule has 0 aromatic heterocycles. The third kappa shape index (κ3) is 2.25. The molecule has 0 fully saturated rings. The summed E-state index contributed by atoms with van der Waals surface area (Å²) in [4.78, 5) is 0. The lowest BCUT2D eigenvalue weighted by molar-refractivity contribution is 0.398. The summed E-state index contributed by atoms with van der Waals surface area (Å²) in [6, 6.07) is 12.4. The molecule has 0 bridgehead atoms. The highest BCUT2D eigenvalue weighted by Gasteiger charge is 2.10. The van der Waals surface area contributed by atoms with E-state index < -0.39 is 0 Å². The van der Waals surface area contributed by atoms with Crippen LogP contribution in [0.4, 0.5) is 0 Å². The van der Waals surface area contributed by atoms with Gasteiger partial charge in [-0.2, -0.15) is 0 Å². The van der Waals surface area contributed by atoms with E-state index in [4.69, 9.17) is 14.2 Å². The van der Waals surface area contributed by atoms with Gasteiger partial charge in [0.1, 0.15) is 17.2 Å². The summed E-state index contributed by atoms with van der Waals surface area (Å²) in [7, 11) is 5.03. The molecule has 0 aliphatic carbocycles. The maximum Gasteiger partial charge on any atom is 0.130 e. The minimum atomic E-state index is 0.790. The van der Waals surface area contributed by atoms with Gasteiger partial charge in [-0.25, -0.2) is 0 Å². The van der Waals surface area contributed by atoms with Crippen LogP contribution in [0.5, 0.6) is 17.2 Å². The largest absolute Gasteiger partial charge is 0.497 e. The van der Waals surface area contributed by atoms with Gasteiger partial charge in [-0.05, 0) is 47.5 Å². The minimum Gasteiger partial charge on any atom is -0.497 e. The van der Waals surface area contributed by atoms with Crippen molar-refractivity contribution < 1.29 is 14.2 Å². The van der Waals surface area contributed by atoms with Crippen LogP contribution >= 0.6 is 0 Å². The van der Waals surface area contributed by atoms with Gasteiger partial charge < -0.3 is 14.2 Å². The predicted octanol–water partition coefficient (Wildman–Crippen LogP) is 4.33. The molecule has 0 saturated carbocycles. The van der Waals surface area contributed by atoms with Crippen LogP contribution in [0.2, 0.25) is 0 Å². The number of hydrogen-bond acceptors (Lipinski definition) is 3. The zero-order chi connectivity index (χ0) is 15.0. The van der Waals surface area contributed by atoms with Crippen LogP contribution in [-0.4, -0.2) is 21.3 Å². The molecule has 3 aromatic carbocycles. The lowest BCUT2D eigenvalue weighted by Gasteiger charge is -2.12. The number of hydrogen-bond donors (Lipinski definition) is 0. The third-order valence-electron chi connectivity index (χ3n) is 3.74. The molecule has 0 unspecified atom stereocenters. The van der Waals surface area contributed by atoms with Crippen molar-refractivity contribution in [2.24, 2.45) is 0 Å². The SMILES string of the molecule is COc1cc(OC)c2cc3c(OC)cc(C)cc3cc2c1. The first kappa shape index (κ1) is 13.6. The zero-order valence-corrected chi connectivity index (χ0v) is 12.7. The Bertz CT molecular complexity index is 822. The quantitative estimate of drug-likeness (QED) is 0.669. The van der Waals surface area contributed by atoms with Crippen LogP contribution in [-0.2, 0) is 0 Å². The van der Waals surface area contributed by atoms with Crippen LogP contribution in [0.15, 0.2) is 36.4 Å². The molecule has 0 amide bonds. The van der Waals surface area contributed by atoms with E-state index in [1.54, 1.807) is 21.3 Å². The van der Waals surface area contributed by atoms with Gasteiger partial charge in [0, 0.05) is 16.8 Å². The van der Waals surface area contributed by atoms with Crippen molar-refractivity contribution in [2.45, 2.75) is 6.92 Å². The minimum absolute atomic E-state index is 0.790. The Morgan fingerprint density at radius 2 is 1.24 bits per heavy atom. The predicted molar refractivity (Wildman–Crippen MR) is 85.8 cm³/mol. The molecule has 0 aliphatic rings. The molecule has 3 nitrogen and oxygen atoms in total. The fourth-order valence-electron chi connectivity index (χ4n) is 2.73. The maximum absolute atomic E-state index is 5.51. The number of ether oxygens (including phenoxy) is 3. The first-order valence-electron chi connectivity index (χ1n) is 6.80. The van der Waals surface area contributed by atoms with Gasteiger partial charge in [-0.3, -0.25) is 0 Å². The van der Waals surface area contributed by atoms with Gasteiger partial charge in [0.25, 0.3) is 0 Å². The normalized spacial score (nSPS) is 10.9. The highest BCUT2D eigenvalue weighted by Crippen LogP contribution is 2.37. The third-order valence-corrected chi connectivity index (χ3v) is 3.74. The summed E-state index contributed by atoms with van der Waals surface area (Å²) >= 11 is 0. The Kier molecular flexibility index (Phi) is 3.34. The number of aryl methyl sites for hydroxylation is 1. The fraction of sp³-hybridized carbons (Fsp3) is 0.222. The summed E-state index contributed by atoms with van der Waals surface area (Å²) in [5.41, 5.74) is 1.17. The molecule has 3 heteroatoms. The molecule has 0 radical (unpaired) electrons. The van der Waals surface area contributed by atoms with E-state index in [0.717, 1.165) is 38.8 Å². The maximum atomic E-state index is 5.51. The van der Waals surface area contributed by atoms with E-state index in [1.165, 1.54) is 5.56 Å². The summed E-state index contributed by atoms with van der Waals surface area (Å²) in [5.74, 6) is 2.47. The van der Waals surface area contributed by atoms with Crippen LogP contribution < -0.4 is 14.2 Å². The van der Waals surface area contributed by atoms with Crippen molar-refractivity contribution in [1.29, 1.82) is 0 Å². The second-order valence-corrected chi connectivity index (χ2v) is 5.09. The summed E-state index contributed by atoms with van der Waals surface area (Å²) in [6.45, 7) is 2.07. The van der Waals surface area contributed by atoms with Crippen molar-refractivity contribution in [1.82, 2.24) is 0 Å². The first-order valence-corrected chi connectivity index (χ1v) is 6.80. The Morgan fingerprint density at radius 3 is 1.86 bits per heavy atom. The molecule has 21 heavy (non-hydrogen) atoms. The smallest absolute Gasteiger partial charge is 0.130 e. The van der Waals surface area contributed by atoms with Crippen LogP contribution in [0.25, 0.3) is 21.5 Å². The van der Waals surface area contributed by atoms with Crippen molar-refractivity contribution in [3.8, 4) is 17.2 Å². The number of rotatable bonds is 3. The van der Waals surface area contributed by atoms with E-state index in [9.17, 15) is 0 Å². The van der Waals surface area contributed by atoms with Crippen LogP contribution in [0.1, 0.15) is 5.56 Å². The van der Waals surface area contributed by atoms with Gasteiger partial charge in [0.15, 0.2) is 0 Å². The fourth-order valence-corrected chi connectivity index (χ4v) is 2.73. The Hall–Kier alpha value is -2.42. The summed E-state index contributed by atoms with van der Waals surface area (Å²) in [6.07, 6.45) is 0. The molecule has 0 N–H and O–H groups in total. The first-order chi connectivity index (χ1) is 10.2. The Labute approximate surface area is 124 Å². The molecule has 0 aliphatic heterocycles. The topological polar surface area (TPSA) is 27.7 Å². The molecule has 0 spiro atoms. The summed E-state index contributed by atoms with van der Waals surface area (Å²) in [5, 5.41) is 4.37. The van der Waals surface area contributed by atoms with Crippen molar-refractivity contribution in [3.63, 3.8) is 0 Å². The molecule has 0 heterocycles. The van der Waals surface area contributed by atoms with Crippen LogP contribution in [0, 0.1) is 6.92 Å². The molecule has 3 aromatic rings. The standard InChI is InChI=1S/C18H18O3/c1-11-5-12-7-13-8-14(19-2)9-18(21-4)16(13)10-15(12)17(6-11)20-3/h5-10H,1-4H3. The number of methoxy groups -OCH3 is 3. The second-order valence-electron chi connectivity index (χ2n) is 5.09. The van der Waals surface area contributed by atoms with E-state index in [1.807, 2.05) is 18.2 Å². The average molecular weight is 282 g/mol. The van der Waals surface area contributed by atoms with Crippen molar-refractivity contribution in [3.05, 3.63) is 42.0 Å². The van der Waals surface area contributed by atoms with Crippen LogP contribution in [0.3, 0.4) is 0 Å². The lowest BCUT2D eigenvalue weighted by atomic mass is 10.0. The van der Waals surface area contributed by atoms with E-state index in [2.05, 4.69) is 25.1 Å². The molecule has 0 saturated heterocycles. The van der Waals surface area contributed by atoms with E-state index in [-0.39, 0.29) is 0 Å². The Balaban J connectivity index is 2.42. The molecule has 0 atom stereocenters. The van der Waals surface area contributed by atoms with Gasteiger partial charge in [-0.15, -0.1) is 0 Å². The average Bonchev–Trinajstić information content (AvgIpc) is 2.50.